The van der Waals surface area contributed by atoms with Crippen LogP contribution in [0.4, 0.5) is 5.69 Å². The van der Waals surface area contributed by atoms with Crippen molar-refractivity contribution in [1.29, 1.82) is 0 Å². The summed E-state index contributed by atoms with van der Waals surface area (Å²) in [6, 6.07) is 10.5. The van der Waals surface area contributed by atoms with E-state index in [1.165, 1.54) is 13.8 Å². The number of hydrogen-bond acceptors (Lipinski definition) is 17. The van der Waals surface area contributed by atoms with Crippen LogP contribution in [0, 0.1) is 5.92 Å². The van der Waals surface area contributed by atoms with Crippen molar-refractivity contribution in [1.82, 2.24) is 47.4 Å². The number of carboxylic acid groups (broad SMARTS) is 2. The SMILES string of the molecule is CC(=O)NC(CSC1CC(=O)N(CCCC(=O)Nc2c(Br)cc(Br)cc2CNC2CCC(O)CC2)C1=O)C(=O)NC(Cc1ccccc1)C(=O)NC(Cc1ccccc1)C(=O)NC(CCCCN)C(=O)NC(CC(=O)O)C(=O)NC(CCC(=O)O)C(=O)NC(CC(C)C)C(C)=O. The second kappa shape index (κ2) is 40.2. The normalized spacial score (nSPS) is 17.5. The van der Waals surface area contributed by atoms with Crippen LogP contribution in [-0.2, 0) is 81.7 Å². The molecule has 1 saturated carbocycles. The molecular weight excluding hydrogens is 1390 g/mol. The third-order valence-corrected chi connectivity index (χ3v) is 18.4. The zero-order valence-electron chi connectivity index (χ0n) is 54.3. The van der Waals surface area contributed by atoms with Gasteiger partial charge in [-0.1, -0.05) is 90.4 Å². The Morgan fingerprint density at radius 2 is 1.15 bits per heavy atom. The number of unbranched alkanes of at least 4 members (excludes halogenated alkanes) is 1. The van der Waals surface area contributed by atoms with Crippen LogP contribution in [0.5, 0.6) is 0 Å². The van der Waals surface area contributed by atoms with Crippen LogP contribution in [0.15, 0.2) is 81.7 Å². The summed E-state index contributed by atoms with van der Waals surface area (Å²) in [7, 11) is 0. The Bertz CT molecular complexity index is 3220. The number of Topliss-reactive ketones (excluding diaryl/α,β-unsaturated/α-hetero) is 1. The Balaban J connectivity index is 1.30. The number of ketones is 1. The summed E-state index contributed by atoms with van der Waals surface area (Å²) in [5.41, 5.74) is 8.28. The summed E-state index contributed by atoms with van der Waals surface area (Å²) < 4.78 is 1.44. The highest BCUT2D eigenvalue weighted by atomic mass is 79.9. The summed E-state index contributed by atoms with van der Waals surface area (Å²) in [5.74, 6) is -11.5. The number of halogens is 2. The lowest BCUT2D eigenvalue weighted by Crippen LogP contribution is -2.60. The van der Waals surface area contributed by atoms with Crippen molar-refractivity contribution in [2.24, 2.45) is 11.7 Å². The number of amides is 10. The number of nitrogens with two attached hydrogens (primary N) is 1. The lowest BCUT2D eigenvalue weighted by Gasteiger charge is -2.28. The van der Waals surface area contributed by atoms with E-state index in [2.05, 4.69) is 79.7 Å². The van der Waals surface area contributed by atoms with Gasteiger partial charge in [-0.25, -0.2) is 0 Å². The molecule has 2 aliphatic rings. The van der Waals surface area contributed by atoms with Crippen molar-refractivity contribution >= 4 is 126 Å². The van der Waals surface area contributed by atoms with Crippen LogP contribution in [0.2, 0.25) is 0 Å². The highest BCUT2D eigenvalue weighted by molar-refractivity contribution is 9.11. The van der Waals surface area contributed by atoms with Gasteiger partial charge in [0.25, 0.3) is 0 Å². The number of thioether (sulfide) groups is 1. The van der Waals surface area contributed by atoms with E-state index in [1.54, 1.807) is 80.6 Å². The predicted molar refractivity (Wildman–Crippen MR) is 364 cm³/mol. The number of nitrogens with zero attached hydrogens (tertiary/aromatic N) is 1. The van der Waals surface area contributed by atoms with Crippen LogP contribution >= 0.6 is 43.6 Å². The topological polar surface area (TPSA) is 420 Å². The Kier molecular flexibility index (Phi) is 33.1. The Hall–Kier alpha value is -7.64. The lowest BCUT2D eigenvalue weighted by molar-refractivity contribution is -0.142. The van der Waals surface area contributed by atoms with Crippen molar-refractivity contribution in [3.63, 3.8) is 0 Å². The second-order valence-electron chi connectivity index (χ2n) is 24.4. The van der Waals surface area contributed by atoms with Gasteiger partial charge in [0.2, 0.25) is 59.1 Å². The smallest absolute Gasteiger partial charge is 0.305 e. The molecule has 2 fully saturated rings. The molecule has 14 N–H and O–H groups in total. The van der Waals surface area contributed by atoms with Gasteiger partial charge >= 0.3 is 11.9 Å². The van der Waals surface area contributed by atoms with Crippen molar-refractivity contribution in [2.75, 3.05) is 24.2 Å². The monoisotopic (exact) mass is 1480 g/mol. The van der Waals surface area contributed by atoms with Crippen LogP contribution in [0.3, 0.4) is 0 Å². The second-order valence-corrected chi connectivity index (χ2v) is 27.4. The van der Waals surface area contributed by atoms with Gasteiger partial charge in [0.1, 0.15) is 36.3 Å². The van der Waals surface area contributed by atoms with E-state index in [0.29, 0.717) is 47.1 Å². The van der Waals surface area contributed by atoms with Crippen LogP contribution in [-0.4, -0.2) is 176 Å². The standard InChI is InChI=1S/C66H89Br2N11O16S/c1-37(2)28-49(38(3)80)74-61(90)48(24-25-57(85)86)73-64(93)52(33-58(87)88)77-60(89)47(18-11-12-26-69)72-62(91)50(29-40-14-7-5-8-15-40)75-63(92)51(30-41-16-9-6-10-17-41)76-65(94)53(71-39(4)81)36-96-54-34-56(84)79(66(54)95)27-13-19-55(83)78-59-42(31-43(67)32-46(59)68)35-70-44-20-22-45(82)23-21-44/h5-10,14-17,31-32,37,44-45,47-54,70,82H,11-13,18-30,33-36,69H2,1-4H3,(H,71,81)(H,72,91)(H,73,93)(H,74,90)(H,75,92)(H,76,94)(H,77,89)(H,78,83)(H,85,86)(H,87,88). The van der Waals surface area contributed by atoms with E-state index in [-0.39, 0.29) is 94.2 Å². The number of rotatable bonds is 40. The third-order valence-electron chi connectivity index (χ3n) is 16.0. The molecule has 0 bridgehead atoms. The number of nitrogens with one attached hydrogen (secondary N) is 9. The molecule has 27 nitrogen and oxygen atoms in total. The average Bonchev–Trinajstić information content (AvgIpc) is 1.11. The van der Waals surface area contributed by atoms with Crippen molar-refractivity contribution in [3.8, 4) is 0 Å². The molecule has 0 aromatic heterocycles. The van der Waals surface area contributed by atoms with Gasteiger partial charge in [-0.2, -0.15) is 0 Å². The van der Waals surface area contributed by atoms with Crippen molar-refractivity contribution in [2.45, 2.75) is 197 Å². The number of hydrogen-bond donors (Lipinski definition) is 13. The number of aliphatic carboxylic acids is 2. The first kappa shape index (κ1) is 79.1. The largest absolute Gasteiger partial charge is 0.481 e. The molecule has 3 aromatic carbocycles. The molecule has 96 heavy (non-hydrogen) atoms. The first-order valence-corrected chi connectivity index (χ1v) is 34.7. The van der Waals surface area contributed by atoms with Crippen molar-refractivity contribution < 1.29 is 77.6 Å². The fraction of sp³-hybridized carbons (Fsp3) is 0.530. The van der Waals surface area contributed by atoms with Gasteiger partial charge in [0.15, 0.2) is 5.78 Å². The molecule has 1 saturated heterocycles. The maximum absolute atomic E-state index is 14.8. The number of carboxylic acids is 2. The first-order chi connectivity index (χ1) is 45.6. The molecule has 1 aliphatic carbocycles. The van der Waals surface area contributed by atoms with Gasteiger partial charge in [0.05, 0.1) is 29.5 Å². The molecule has 8 unspecified atom stereocenters. The zero-order chi connectivity index (χ0) is 70.6. The molecule has 0 spiro atoms. The summed E-state index contributed by atoms with van der Waals surface area (Å²) in [6.07, 6.45) is 0.780. The third kappa shape index (κ3) is 27.1. The van der Waals surface area contributed by atoms with Gasteiger partial charge in [0, 0.05) is 72.9 Å². The van der Waals surface area contributed by atoms with Crippen molar-refractivity contribution in [3.05, 3.63) is 98.4 Å². The Labute approximate surface area is 578 Å². The molecule has 1 heterocycles. The molecule has 5 rings (SSSR count). The van der Waals surface area contributed by atoms with Gasteiger partial charge < -0.3 is 68.9 Å². The molecule has 8 atom stereocenters. The van der Waals surface area contributed by atoms with E-state index >= 15 is 0 Å². The number of likely N-dealkylation sites (tertiary alicyclic amines) is 1. The molecule has 3 aromatic rings. The molecule has 0 radical (unpaired) electrons. The minimum Gasteiger partial charge on any atom is -0.481 e. The zero-order valence-corrected chi connectivity index (χ0v) is 58.2. The number of aliphatic hydroxyl groups excluding tert-OH is 1. The summed E-state index contributed by atoms with van der Waals surface area (Å²) in [6.45, 7) is 6.58. The van der Waals surface area contributed by atoms with E-state index in [4.69, 9.17) is 5.73 Å². The molecule has 10 amide bonds. The van der Waals surface area contributed by atoms with E-state index in [9.17, 15) is 77.6 Å². The lowest BCUT2D eigenvalue weighted by atomic mass is 9.93. The molecular formula is C66H89Br2N11O16S. The van der Waals surface area contributed by atoms with E-state index in [0.717, 1.165) is 39.5 Å². The van der Waals surface area contributed by atoms with E-state index < -0.39 is 138 Å². The van der Waals surface area contributed by atoms with Gasteiger partial charge in [-0.3, -0.25) is 67.2 Å². The minimum absolute atomic E-state index is 0.0349. The minimum atomic E-state index is -1.91. The van der Waals surface area contributed by atoms with Crippen LogP contribution in [0.25, 0.3) is 0 Å². The number of benzene rings is 3. The summed E-state index contributed by atoms with van der Waals surface area (Å²) in [5, 5.41) is 52.7. The molecule has 1 aliphatic heterocycles. The van der Waals surface area contributed by atoms with Crippen LogP contribution < -0.4 is 53.6 Å². The molecule has 524 valence electrons. The quantitative estimate of drug-likeness (QED) is 0.0287. The highest BCUT2D eigenvalue weighted by Crippen LogP contribution is 2.32. The molecule has 30 heteroatoms. The fourth-order valence-electron chi connectivity index (χ4n) is 10.9. The average molecular weight is 1480 g/mol. The van der Waals surface area contributed by atoms with Gasteiger partial charge in [-0.15, -0.1) is 11.8 Å². The number of anilines is 1. The van der Waals surface area contributed by atoms with Crippen LogP contribution in [0.1, 0.15) is 134 Å². The number of imide groups is 1. The number of carbonyl (C=O) groups excluding carboxylic acids is 11. The maximum Gasteiger partial charge on any atom is 0.305 e. The maximum atomic E-state index is 14.8. The summed E-state index contributed by atoms with van der Waals surface area (Å²) >= 11 is 8.02. The first-order valence-electron chi connectivity index (χ1n) is 32.1. The Morgan fingerprint density at radius 3 is 1.68 bits per heavy atom. The number of aliphatic hydroxyl groups is 1. The van der Waals surface area contributed by atoms with E-state index in [1.807, 2.05) is 6.07 Å². The Morgan fingerprint density at radius 1 is 0.625 bits per heavy atom. The fourth-order valence-corrected chi connectivity index (χ4v) is 13.5. The predicted octanol–water partition coefficient (Wildman–Crippen LogP) is 3.19. The summed E-state index contributed by atoms with van der Waals surface area (Å²) in [4.78, 5) is 176. The number of carbonyl (C=O) groups is 13. The van der Waals surface area contributed by atoms with Gasteiger partial charge in [-0.05, 0) is 128 Å². The highest BCUT2D eigenvalue weighted by Gasteiger charge is 2.41.